The molecular formula is C21H23ClN2O3. The van der Waals surface area contributed by atoms with Crippen molar-refractivity contribution in [1.29, 1.82) is 0 Å². The van der Waals surface area contributed by atoms with Crippen molar-refractivity contribution >= 4 is 23.2 Å². The summed E-state index contributed by atoms with van der Waals surface area (Å²) in [6.45, 7) is 2.30. The van der Waals surface area contributed by atoms with Crippen molar-refractivity contribution in [3.8, 4) is 5.75 Å². The molecule has 1 N–H and O–H groups in total. The van der Waals surface area contributed by atoms with Gasteiger partial charge in [0.15, 0.2) is 0 Å². The first-order valence-corrected chi connectivity index (χ1v) is 9.31. The SMILES string of the molecule is COc1ccccc1CCCNC(=O)C1(C)CC(c2ccccc2Cl)=NO1. The van der Waals surface area contributed by atoms with Crippen LogP contribution in [0.5, 0.6) is 5.75 Å². The molecule has 0 radical (unpaired) electrons. The lowest BCUT2D eigenvalue weighted by molar-refractivity contribution is -0.141. The number of hydrogen-bond acceptors (Lipinski definition) is 4. The van der Waals surface area contributed by atoms with Crippen LogP contribution in [0.3, 0.4) is 0 Å². The molecule has 5 nitrogen and oxygen atoms in total. The van der Waals surface area contributed by atoms with E-state index in [0.717, 1.165) is 29.7 Å². The van der Waals surface area contributed by atoms with Crippen LogP contribution in [0.4, 0.5) is 0 Å². The molecule has 2 aromatic carbocycles. The van der Waals surface area contributed by atoms with Crippen molar-refractivity contribution in [3.63, 3.8) is 0 Å². The number of carbonyl (C=O) groups is 1. The maximum absolute atomic E-state index is 12.6. The second-order valence-electron chi connectivity index (χ2n) is 6.69. The van der Waals surface area contributed by atoms with Crippen molar-refractivity contribution in [2.45, 2.75) is 31.8 Å². The Morgan fingerprint density at radius 3 is 2.78 bits per heavy atom. The fraction of sp³-hybridized carbons (Fsp3) is 0.333. The predicted octanol–water partition coefficient (Wildman–Crippen LogP) is 3.98. The summed E-state index contributed by atoms with van der Waals surface area (Å²) < 4.78 is 5.35. The minimum Gasteiger partial charge on any atom is -0.496 e. The summed E-state index contributed by atoms with van der Waals surface area (Å²) in [5.41, 5.74) is 1.60. The average molecular weight is 387 g/mol. The standard InChI is InChI=1S/C21H23ClN2O3/c1-21(14-18(24-27-21)16-10-4-5-11-17(16)22)20(25)23-13-7-9-15-8-3-6-12-19(15)26-2/h3-6,8,10-12H,7,9,13-14H2,1-2H3,(H,23,25). The number of nitrogens with zero attached hydrogens (tertiary/aromatic N) is 1. The van der Waals surface area contributed by atoms with Crippen LogP contribution in [0.15, 0.2) is 53.7 Å². The molecule has 3 rings (SSSR count). The number of methoxy groups -OCH3 is 1. The number of carbonyl (C=O) groups excluding carboxylic acids is 1. The number of ether oxygens (including phenoxy) is 1. The van der Waals surface area contributed by atoms with Gasteiger partial charge in [-0.2, -0.15) is 0 Å². The molecule has 0 saturated heterocycles. The summed E-state index contributed by atoms with van der Waals surface area (Å²) in [4.78, 5) is 18.1. The molecule has 27 heavy (non-hydrogen) atoms. The van der Waals surface area contributed by atoms with Crippen LogP contribution in [-0.4, -0.2) is 30.9 Å². The Kier molecular flexibility index (Phi) is 6.01. The number of halogens is 1. The van der Waals surface area contributed by atoms with Crippen LogP contribution >= 0.6 is 11.6 Å². The highest BCUT2D eigenvalue weighted by Crippen LogP contribution is 2.29. The summed E-state index contributed by atoms with van der Waals surface area (Å²) in [5, 5.41) is 7.64. The number of hydrogen-bond donors (Lipinski definition) is 1. The third-order valence-corrected chi connectivity index (χ3v) is 4.96. The highest BCUT2D eigenvalue weighted by molar-refractivity contribution is 6.34. The van der Waals surface area contributed by atoms with Crippen LogP contribution in [0, 0.1) is 0 Å². The fourth-order valence-electron chi connectivity index (χ4n) is 3.08. The summed E-state index contributed by atoms with van der Waals surface area (Å²) in [6, 6.07) is 15.3. The molecule has 0 spiro atoms. The fourth-order valence-corrected chi connectivity index (χ4v) is 3.32. The Balaban J connectivity index is 1.51. The van der Waals surface area contributed by atoms with Gasteiger partial charge in [0.25, 0.3) is 5.91 Å². The van der Waals surface area contributed by atoms with Gasteiger partial charge < -0.3 is 14.9 Å². The van der Waals surface area contributed by atoms with E-state index in [1.807, 2.05) is 42.5 Å². The molecule has 0 aromatic heterocycles. The molecule has 142 valence electrons. The topological polar surface area (TPSA) is 59.9 Å². The summed E-state index contributed by atoms with van der Waals surface area (Å²) in [7, 11) is 1.66. The van der Waals surface area contributed by atoms with Gasteiger partial charge in [-0.15, -0.1) is 0 Å². The van der Waals surface area contributed by atoms with E-state index >= 15 is 0 Å². The lowest BCUT2D eigenvalue weighted by Gasteiger charge is -2.20. The second kappa shape index (κ2) is 8.44. The van der Waals surface area contributed by atoms with E-state index in [4.69, 9.17) is 21.2 Å². The van der Waals surface area contributed by atoms with Gasteiger partial charge in [-0.25, -0.2) is 0 Å². The number of nitrogens with one attached hydrogen (secondary N) is 1. The first kappa shape index (κ1) is 19.2. The van der Waals surface area contributed by atoms with Gasteiger partial charge in [0.2, 0.25) is 5.60 Å². The zero-order valence-corrected chi connectivity index (χ0v) is 16.3. The van der Waals surface area contributed by atoms with Crippen molar-refractivity contribution in [2.24, 2.45) is 5.16 Å². The Bertz CT molecular complexity index is 853. The van der Waals surface area contributed by atoms with Gasteiger partial charge in [0, 0.05) is 23.6 Å². The molecular weight excluding hydrogens is 364 g/mol. The van der Waals surface area contributed by atoms with E-state index in [0.29, 0.717) is 23.7 Å². The van der Waals surface area contributed by atoms with Crippen LogP contribution in [0.25, 0.3) is 0 Å². The van der Waals surface area contributed by atoms with E-state index < -0.39 is 5.60 Å². The minimum atomic E-state index is -1.01. The zero-order valence-electron chi connectivity index (χ0n) is 15.5. The Morgan fingerprint density at radius 2 is 2.00 bits per heavy atom. The Hall–Kier alpha value is -2.53. The minimum absolute atomic E-state index is 0.173. The molecule has 1 unspecified atom stereocenters. The maximum atomic E-state index is 12.6. The lowest BCUT2D eigenvalue weighted by Crippen LogP contribution is -2.45. The lowest BCUT2D eigenvalue weighted by atomic mass is 9.95. The van der Waals surface area contributed by atoms with Gasteiger partial charge in [0.1, 0.15) is 5.75 Å². The largest absolute Gasteiger partial charge is 0.496 e. The molecule has 1 atom stereocenters. The van der Waals surface area contributed by atoms with Gasteiger partial charge in [-0.05, 0) is 37.5 Å². The Morgan fingerprint density at radius 1 is 1.26 bits per heavy atom. The molecule has 1 amide bonds. The van der Waals surface area contributed by atoms with Crippen LogP contribution in [0.2, 0.25) is 5.02 Å². The van der Waals surface area contributed by atoms with Crippen LogP contribution in [0.1, 0.15) is 30.9 Å². The van der Waals surface area contributed by atoms with Gasteiger partial charge in [-0.1, -0.05) is 53.2 Å². The zero-order chi connectivity index (χ0) is 19.3. The number of rotatable bonds is 7. The van der Waals surface area contributed by atoms with E-state index in [-0.39, 0.29) is 5.91 Å². The normalized spacial score (nSPS) is 18.6. The monoisotopic (exact) mass is 386 g/mol. The van der Waals surface area contributed by atoms with Crippen molar-refractivity contribution in [1.82, 2.24) is 5.32 Å². The third kappa shape index (κ3) is 4.42. The molecule has 1 aliphatic heterocycles. The number of aryl methyl sites for hydroxylation is 1. The van der Waals surface area contributed by atoms with Gasteiger partial charge in [0.05, 0.1) is 12.8 Å². The van der Waals surface area contributed by atoms with E-state index in [9.17, 15) is 4.79 Å². The number of oxime groups is 1. The quantitative estimate of drug-likeness (QED) is 0.732. The first-order valence-electron chi connectivity index (χ1n) is 8.93. The van der Waals surface area contributed by atoms with Crippen molar-refractivity contribution in [3.05, 3.63) is 64.7 Å². The average Bonchev–Trinajstić information content (AvgIpc) is 3.09. The number of amides is 1. The van der Waals surface area contributed by atoms with E-state index in [1.54, 1.807) is 20.1 Å². The molecule has 1 heterocycles. The molecule has 0 saturated carbocycles. The molecule has 0 fully saturated rings. The highest BCUT2D eigenvalue weighted by atomic mass is 35.5. The predicted molar refractivity (Wildman–Crippen MR) is 106 cm³/mol. The molecule has 0 bridgehead atoms. The summed E-state index contributed by atoms with van der Waals surface area (Å²) in [6.07, 6.45) is 2.01. The molecule has 1 aliphatic rings. The Labute approximate surface area is 164 Å². The highest BCUT2D eigenvalue weighted by Gasteiger charge is 2.42. The maximum Gasteiger partial charge on any atom is 0.267 e. The van der Waals surface area contributed by atoms with E-state index in [2.05, 4.69) is 10.5 Å². The molecule has 0 aliphatic carbocycles. The third-order valence-electron chi connectivity index (χ3n) is 4.63. The van der Waals surface area contributed by atoms with E-state index in [1.165, 1.54) is 0 Å². The second-order valence-corrected chi connectivity index (χ2v) is 7.10. The van der Waals surface area contributed by atoms with Gasteiger partial charge in [-0.3, -0.25) is 4.79 Å². The number of benzene rings is 2. The van der Waals surface area contributed by atoms with Crippen molar-refractivity contribution in [2.75, 3.05) is 13.7 Å². The summed E-state index contributed by atoms with van der Waals surface area (Å²) >= 11 is 6.22. The number of para-hydroxylation sites is 1. The van der Waals surface area contributed by atoms with Gasteiger partial charge >= 0.3 is 0 Å². The molecule has 6 heteroatoms. The van der Waals surface area contributed by atoms with Crippen LogP contribution < -0.4 is 10.1 Å². The first-order chi connectivity index (χ1) is 13.0. The van der Waals surface area contributed by atoms with Crippen molar-refractivity contribution < 1.29 is 14.4 Å². The summed E-state index contributed by atoms with van der Waals surface area (Å²) in [5.74, 6) is 0.695. The molecule has 2 aromatic rings. The van der Waals surface area contributed by atoms with Crippen LogP contribution in [-0.2, 0) is 16.1 Å². The smallest absolute Gasteiger partial charge is 0.267 e.